The molecule has 1 fully saturated rings. The van der Waals surface area contributed by atoms with E-state index < -0.39 is 0 Å². The number of carbonyl (C=O) groups is 1. The second-order valence-corrected chi connectivity index (χ2v) is 6.52. The Morgan fingerprint density at radius 3 is 2.33 bits per heavy atom. The number of phenolic OH excluding ortho intramolecular Hbond substituents is 1. The van der Waals surface area contributed by atoms with Gasteiger partial charge in [-0.1, -0.05) is 0 Å². The SMILES string of the molecule is COc1cc(O)c(CN2CCN(C(=O)c3ccc(N)cc3)CC2)c(OC)c1. The van der Waals surface area contributed by atoms with E-state index in [0.717, 1.165) is 18.7 Å². The van der Waals surface area contributed by atoms with Crippen molar-refractivity contribution in [2.75, 3.05) is 46.1 Å². The third kappa shape index (κ3) is 4.25. The van der Waals surface area contributed by atoms with Crippen molar-refractivity contribution in [2.45, 2.75) is 6.54 Å². The summed E-state index contributed by atoms with van der Waals surface area (Å²) in [5.74, 6) is 1.30. The van der Waals surface area contributed by atoms with Crippen LogP contribution in [0.3, 0.4) is 0 Å². The molecule has 3 rings (SSSR count). The number of nitrogens with zero attached hydrogens (tertiary/aromatic N) is 2. The molecular weight excluding hydrogens is 346 g/mol. The fourth-order valence-corrected chi connectivity index (χ4v) is 3.21. The number of piperazine rings is 1. The highest BCUT2D eigenvalue weighted by molar-refractivity contribution is 5.94. The van der Waals surface area contributed by atoms with Gasteiger partial charge < -0.3 is 25.2 Å². The first-order valence-electron chi connectivity index (χ1n) is 8.83. The number of nitrogen functional groups attached to an aromatic ring is 1. The second kappa shape index (κ2) is 8.18. The van der Waals surface area contributed by atoms with Crippen LogP contribution in [0.5, 0.6) is 17.2 Å². The summed E-state index contributed by atoms with van der Waals surface area (Å²) in [5.41, 5.74) is 7.69. The number of nitrogens with two attached hydrogens (primary N) is 1. The van der Waals surface area contributed by atoms with Crippen molar-refractivity contribution in [3.05, 3.63) is 47.5 Å². The Kier molecular flexibility index (Phi) is 5.71. The fourth-order valence-electron chi connectivity index (χ4n) is 3.21. The summed E-state index contributed by atoms with van der Waals surface area (Å²) < 4.78 is 10.6. The van der Waals surface area contributed by atoms with E-state index in [2.05, 4.69) is 4.90 Å². The lowest BCUT2D eigenvalue weighted by Crippen LogP contribution is -2.48. The molecule has 0 unspecified atom stereocenters. The average molecular weight is 371 g/mol. The number of ether oxygens (including phenoxy) is 2. The Balaban J connectivity index is 1.63. The summed E-state index contributed by atoms with van der Waals surface area (Å²) in [6.45, 7) is 3.23. The van der Waals surface area contributed by atoms with E-state index in [-0.39, 0.29) is 11.7 Å². The van der Waals surface area contributed by atoms with Gasteiger partial charge >= 0.3 is 0 Å². The predicted molar refractivity (Wildman–Crippen MR) is 103 cm³/mol. The van der Waals surface area contributed by atoms with E-state index in [1.165, 1.54) is 0 Å². The number of amides is 1. The number of hydrogen-bond donors (Lipinski definition) is 2. The molecule has 0 atom stereocenters. The fraction of sp³-hybridized carbons (Fsp3) is 0.350. The van der Waals surface area contributed by atoms with Crippen LogP contribution in [-0.4, -0.2) is 61.2 Å². The van der Waals surface area contributed by atoms with Gasteiger partial charge in [0.25, 0.3) is 5.91 Å². The molecule has 0 aromatic heterocycles. The van der Waals surface area contributed by atoms with Crippen LogP contribution in [0.15, 0.2) is 36.4 Å². The van der Waals surface area contributed by atoms with E-state index in [1.54, 1.807) is 50.6 Å². The van der Waals surface area contributed by atoms with Crippen molar-refractivity contribution < 1.29 is 19.4 Å². The van der Waals surface area contributed by atoms with Gasteiger partial charge in [0.05, 0.1) is 19.8 Å². The molecule has 1 amide bonds. The van der Waals surface area contributed by atoms with Crippen molar-refractivity contribution in [3.63, 3.8) is 0 Å². The number of carbonyl (C=O) groups excluding carboxylic acids is 1. The van der Waals surface area contributed by atoms with Gasteiger partial charge in [-0.2, -0.15) is 0 Å². The molecule has 0 spiro atoms. The van der Waals surface area contributed by atoms with Crippen LogP contribution in [-0.2, 0) is 6.54 Å². The number of aromatic hydroxyl groups is 1. The highest BCUT2D eigenvalue weighted by Gasteiger charge is 2.24. The maximum absolute atomic E-state index is 12.6. The minimum Gasteiger partial charge on any atom is -0.507 e. The Hall–Kier alpha value is -2.93. The molecule has 0 saturated carbocycles. The molecule has 7 heteroatoms. The van der Waals surface area contributed by atoms with Crippen molar-refractivity contribution in [1.82, 2.24) is 9.80 Å². The third-order valence-corrected chi connectivity index (χ3v) is 4.81. The smallest absolute Gasteiger partial charge is 0.253 e. The molecule has 2 aromatic rings. The molecule has 27 heavy (non-hydrogen) atoms. The van der Waals surface area contributed by atoms with Crippen LogP contribution in [0.1, 0.15) is 15.9 Å². The van der Waals surface area contributed by atoms with E-state index >= 15 is 0 Å². The molecule has 0 bridgehead atoms. The van der Waals surface area contributed by atoms with Crippen molar-refractivity contribution in [1.29, 1.82) is 0 Å². The zero-order valence-electron chi connectivity index (χ0n) is 15.6. The molecule has 1 saturated heterocycles. The third-order valence-electron chi connectivity index (χ3n) is 4.81. The molecule has 144 valence electrons. The number of rotatable bonds is 5. The van der Waals surface area contributed by atoms with Crippen LogP contribution in [0, 0.1) is 0 Å². The number of anilines is 1. The van der Waals surface area contributed by atoms with E-state index in [4.69, 9.17) is 15.2 Å². The van der Waals surface area contributed by atoms with Gasteiger partial charge in [0.1, 0.15) is 17.2 Å². The van der Waals surface area contributed by atoms with Gasteiger partial charge in [0.2, 0.25) is 0 Å². The van der Waals surface area contributed by atoms with E-state index in [0.29, 0.717) is 42.4 Å². The first-order valence-corrected chi connectivity index (χ1v) is 8.83. The van der Waals surface area contributed by atoms with Gasteiger partial charge in [-0.05, 0) is 24.3 Å². The lowest BCUT2D eigenvalue weighted by Gasteiger charge is -2.35. The standard InChI is InChI=1S/C20H25N3O4/c1-26-16-11-18(24)17(19(12-16)27-2)13-22-7-9-23(10-8-22)20(25)14-3-5-15(21)6-4-14/h3-6,11-12,24H,7-10,13,21H2,1-2H3. The Morgan fingerprint density at radius 1 is 1.07 bits per heavy atom. The Bertz CT molecular complexity index is 800. The highest BCUT2D eigenvalue weighted by Crippen LogP contribution is 2.34. The molecular formula is C20H25N3O4. The Morgan fingerprint density at radius 2 is 1.74 bits per heavy atom. The van der Waals surface area contributed by atoms with Gasteiger partial charge in [0.15, 0.2) is 0 Å². The van der Waals surface area contributed by atoms with Gasteiger partial charge in [-0.3, -0.25) is 9.69 Å². The Labute approximate surface area is 158 Å². The largest absolute Gasteiger partial charge is 0.507 e. The maximum atomic E-state index is 12.6. The maximum Gasteiger partial charge on any atom is 0.253 e. The van der Waals surface area contributed by atoms with Gasteiger partial charge in [-0.25, -0.2) is 0 Å². The second-order valence-electron chi connectivity index (χ2n) is 6.52. The van der Waals surface area contributed by atoms with Crippen LogP contribution < -0.4 is 15.2 Å². The van der Waals surface area contributed by atoms with Crippen molar-refractivity contribution >= 4 is 11.6 Å². The minimum absolute atomic E-state index is 0.0134. The first-order chi connectivity index (χ1) is 13.0. The normalized spacial score (nSPS) is 14.8. The molecule has 2 aromatic carbocycles. The van der Waals surface area contributed by atoms with Crippen LogP contribution in [0.25, 0.3) is 0 Å². The summed E-state index contributed by atoms with van der Waals surface area (Å²) >= 11 is 0. The predicted octanol–water partition coefficient (Wildman–Crippen LogP) is 1.95. The van der Waals surface area contributed by atoms with Crippen molar-refractivity contribution in [3.8, 4) is 17.2 Å². The summed E-state index contributed by atoms with van der Waals surface area (Å²) in [6, 6.07) is 10.3. The monoisotopic (exact) mass is 371 g/mol. The summed E-state index contributed by atoms with van der Waals surface area (Å²) in [5, 5.41) is 10.3. The quantitative estimate of drug-likeness (QED) is 0.781. The van der Waals surface area contributed by atoms with Crippen LogP contribution in [0.4, 0.5) is 5.69 Å². The summed E-state index contributed by atoms with van der Waals surface area (Å²) in [7, 11) is 3.12. The lowest BCUT2D eigenvalue weighted by molar-refractivity contribution is 0.0626. The minimum atomic E-state index is 0.0134. The molecule has 3 N–H and O–H groups in total. The van der Waals surface area contributed by atoms with E-state index in [1.807, 2.05) is 4.90 Å². The molecule has 1 heterocycles. The molecule has 1 aliphatic rings. The molecule has 1 aliphatic heterocycles. The lowest BCUT2D eigenvalue weighted by atomic mass is 10.1. The number of methoxy groups -OCH3 is 2. The topological polar surface area (TPSA) is 88.3 Å². The summed E-state index contributed by atoms with van der Waals surface area (Å²) in [6.07, 6.45) is 0. The van der Waals surface area contributed by atoms with E-state index in [9.17, 15) is 9.90 Å². The molecule has 0 aliphatic carbocycles. The zero-order chi connectivity index (χ0) is 19.4. The number of hydrogen-bond acceptors (Lipinski definition) is 6. The zero-order valence-corrected chi connectivity index (χ0v) is 15.6. The highest BCUT2D eigenvalue weighted by atomic mass is 16.5. The molecule has 7 nitrogen and oxygen atoms in total. The van der Waals surface area contributed by atoms with Gasteiger partial charge in [-0.15, -0.1) is 0 Å². The number of benzene rings is 2. The van der Waals surface area contributed by atoms with Gasteiger partial charge in [0, 0.05) is 56.1 Å². The number of phenols is 1. The first kappa shape index (κ1) is 18.8. The van der Waals surface area contributed by atoms with Crippen LogP contribution in [0.2, 0.25) is 0 Å². The van der Waals surface area contributed by atoms with Crippen molar-refractivity contribution in [2.24, 2.45) is 0 Å². The summed E-state index contributed by atoms with van der Waals surface area (Å²) in [4.78, 5) is 16.6. The van der Waals surface area contributed by atoms with Crippen LogP contribution >= 0.6 is 0 Å². The molecule has 0 radical (unpaired) electrons. The average Bonchev–Trinajstić information content (AvgIpc) is 2.69.